The van der Waals surface area contributed by atoms with Crippen molar-refractivity contribution in [1.29, 1.82) is 5.26 Å². The van der Waals surface area contributed by atoms with Gasteiger partial charge in [0.05, 0.1) is 11.6 Å². The summed E-state index contributed by atoms with van der Waals surface area (Å²) in [4.78, 5) is 0. The number of nitriles is 1. The standard InChI is InChI=1S/C9H9ClN2O/c10-8-3-7(6-12)4-9(5-8)13-2-1-11/h3-5H,1-2,11H2. The lowest BCUT2D eigenvalue weighted by Gasteiger charge is -2.04. The van der Waals surface area contributed by atoms with Crippen LogP contribution in [0.5, 0.6) is 5.75 Å². The summed E-state index contributed by atoms with van der Waals surface area (Å²) in [5.41, 5.74) is 5.75. The van der Waals surface area contributed by atoms with Crippen LogP contribution in [0.4, 0.5) is 0 Å². The van der Waals surface area contributed by atoms with E-state index in [1.807, 2.05) is 6.07 Å². The van der Waals surface area contributed by atoms with Crippen LogP contribution in [-0.2, 0) is 0 Å². The van der Waals surface area contributed by atoms with Gasteiger partial charge in [0.25, 0.3) is 0 Å². The molecule has 0 fully saturated rings. The van der Waals surface area contributed by atoms with Gasteiger partial charge in [-0.2, -0.15) is 5.26 Å². The van der Waals surface area contributed by atoms with Crippen molar-refractivity contribution in [3.63, 3.8) is 0 Å². The second-order valence-electron chi connectivity index (χ2n) is 2.42. The first kappa shape index (κ1) is 9.85. The number of benzene rings is 1. The zero-order valence-corrected chi connectivity index (χ0v) is 7.71. The third kappa shape index (κ3) is 2.94. The van der Waals surface area contributed by atoms with Crippen LogP contribution in [0, 0.1) is 11.3 Å². The summed E-state index contributed by atoms with van der Waals surface area (Å²) >= 11 is 5.75. The minimum absolute atomic E-state index is 0.422. The van der Waals surface area contributed by atoms with E-state index in [0.29, 0.717) is 29.5 Å². The second-order valence-corrected chi connectivity index (χ2v) is 2.86. The maximum atomic E-state index is 8.62. The second kappa shape index (κ2) is 4.70. The Morgan fingerprint density at radius 2 is 2.23 bits per heavy atom. The molecule has 0 amide bonds. The van der Waals surface area contributed by atoms with Gasteiger partial charge in [0.15, 0.2) is 0 Å². The van der Waals surface area contributed by atoms with Crippen molar-refractivity contribution in [3.05, 3.63) is 28.8 Å². The topological polar surface area (TPSA) is 59.0 Å². The third-order valence-corrected chi connectivity index (χ3v) is 1.61. The zero-order valence-electron chi connectivity index (χ0n) is 6.96. The highest BCUT2D eigenvalue weighted by Crippen LogP contribution is 2.20. The molecule has 2 N–H and O–H groups in total. The molecule has 68 valence electrons. The van der Waals surface area contributed by atoms with E-state index in [0.717, 1.165) is 0 Å². The monoisotopic (exact) mass is 196 g/mol. The number of halogens is 1. The molecule has 13 heavy (non-hydrogen) atoms. The molecule has 0 saturated carbocycles. The van der Waals surface area contributed by atoms with Crippen LogP contribution >= 0.6 is 11.6 Å². The number of ether oxygens (including phenoxy) is 1. The van der Waals surface area contributed by atoms with E-state index in [-0.39, 0.29) is 0 Å². The fourth-order valence-corrected chi connectivity index (χ4v) is 1.11. The maximum Gasteiger partial charge on any atom is 0.122 e. The molecule has 3 nitrogen and oxygen atoms in total. The van der Waals surface area contributed by atoms with Gasteiger partial charge in [-0.1, -0.05) is 11.6 Å². The Bertz CT molecular complexity index is 333. The van der Waals surface area contributed by atoms with Gasteiger partial charge in [-0.15, -0.1) is 0 Å². The van der Waals surface area contributed by atoms with Crippen molar-refractivity contribution in [2.24, 2.45) is 5.73 Å². The summed E-state index contributed by atoms with van der Waals surface area (Å²) in [5, 5.41) is 9.11. The maximum absolute atomic E-state index is 8.62. The first-order valence-corrected chi connectivity index (χ1v) is 4.17. The first-order chi connectivity index (χ1) is 6.26. The molecular formula is C9H9ClN2O. The van der Waals surface area contributed by atoms with E-state index < -0.39 is 0 Å². The molecule has 4 heteroatoms. The van der Waals surface area contributed by atoms with Crippen molar-refractivity contribution >= 4 is 11.6 Å². The van der Waals surface area contributed by atoms with Crippen molar-refractivity contribution in [1.82, 2.24) is 0 Å². The highest BCUT2D eigenvalue weighted by atomic mass is 35.5. The molecule has 0 atom stereocenters. The summed E-state index contributed by atoms with van der Waals surface area (Å²) in [6, 6.07) is 6.85. The molecule has 0 saturated heterocycles. The SMILES string of the molecule is N#Cc1cc(Cl)cc(OCCN)c1. The highest BCUT2D eigenvalue weighted by molar-refractivity contribution is 6.30. The van der Waals surface area contributed by atoms with E-state index in [9.17, 15) is 0 Å². The van der Waals surface area contributed by atoms with E-state index in [1.54, 1.807) is 18.2 Å². The average molecular weight is 197 g/mol. The molecule has 0 aliphatic rings. The summed E-state index contributed by atoms with van der Waals surface area (Å²) in [5.74, 6) is 0.578. The molecule has 0 aromatic heterocycles. The summed E-state index contributed by atoms with van der Waals surface area (Å²) in [7, 11) is 0. The van der Waals surface area contributed by atoms with Crippen LogP contribution in [-0.4, -0.2) is 13.2 Å². The molecule has 0 radical (unpaired) electrons. The molecule has 0 aliphatic heterocycles. The molecule has 1 rings (SSSR count). The predicted molar refractivity (Wildman–Crippen MR) is 50.7 cm³/mol. The lowest BCUT2D eigenvalue weighted by atomic mass is 10.2. The average Bonchev–Trinajstić information content (AvgIpc) is 2.14. The van der Waals surface area contributed by atoms with Gasteiger partial charge < -0.3 is 10.5 Å². The number of nitrogens with zero attached hydrogens (tertiary/aromatic N) is 1. The van der Waals surface area contributed by atoms with E-state index >= 15 is 0 Å². The Balaban J connectivity index is 2.83. The lowest BCUT2D eigenvalue weighted by molar-refractivity contribution is 0.328. The fraction of sp³-hybridized carbons (Fsp3) is 0.222. The van der Waals surface area contributed by atoms with Crippen LogP contribution in [0.3, 0.4) is 0 Å². The van der Waals surface area contributed by atoms with Crippen molar-refractivity contribution in [2.75, 3.05) is 13.2 Å². The van der Waals surface area contributed by atoms with Gasteiger partial charge >= 0.3 is 0 Å². The van der Waals surface area contributed by atoms with Crippen molar-refractivity contribution < 1.29 is 4.74 Å². The van der Waals surface area contributed by atoms with Gasteiger partial charge in [0, 0.05) is 11.6 Å². The Morgan fingerprint density at radius 3 is 2.85 bits per heavy atom. The van der Waals surface area contributed by atoms with Gasteiger partial charge in [-0.05, 0) is 18.2 Å². The van der Waals surface area contributed by atoms with E-state index in [1.165, 1.54) is 0 Å². The molecule has 0 spiro atoms. The van der Waals surface area contributed by atoms with Crippen LogP contribution in [0.25, 0.3) is 0 Å². The molecule has 0 aliphatic carbocycles. The van der Waals surface area contributed by atoms with Gasteiger partial charge in [-0.3, -0.25) is 0 Å². The smallest absolute Gasteiger partial charge is 0.122 e. The van der Waals surface area contributed by atoms with Crippen LogP contribution in [0.2, 0.25) is 5.02 Å². The van der Waals surface area contributed by atoms with Crippen LogP contribution in [0.1, 0.15) is 5.56 Å². The molecule has 1 aromatic rings. The van der Waals surface area contributed by atoms with Gasteiger partial charge in [0.1, 0.15) is 12.4 Å². The molecular weight excluding hydrogens is 188 g/mol. The third-order valence-electron chi connectivity index (χ3n) is 1.39. The summed E-state index contributed by atoms with van der Waals surface area (Å²) in [6.45, 7) is 0.861. The van der Waals surface area contributed by atoms with Crippen LogP contribution < -0.4 is 10.5 Å². The lowest BCUT2D eigenvalue weighted by Crippen LogP contribution is -2.10. The zero-order chi connectivity index (χ0) is 9.68. The Hall–Kier alpha value is -1.24. The van der Waals surface area contributed by atoms with E-state index in [4.69, 9.17) is 27.3 Å². The van der Waals surface area contributed by atoms with Gasteiger partial charge in [-0.25, -0.2) is 0 Å². The fourth-order valence-electron chi connectivity index (χ4n) is 0.887. The molecule has 1 aromatic carbocycles. The molecule has 0 bridgehead atoms. The van der Waals surface area contributed by atoms with Gasteiger partial charge in [0.2, 0.25) is 0 Å². The van der Waals surface area contributed by atoms with E-state index in [2.05, 4.69) is 0 Å². The number of nitrogens with two attached hydrogens (primary N) is 1. The largest absolute Gasteiger partial charge is 0.492 e. The minimum atomic E-state index is 0.422. The number of rotatable bonds is 3. The summed E-state index contributed by atoms with van der Waals surface area (Å²) < 4.78 is 5.22. The molecule has 0 unspecified atom stereocenters. The van der Waals surface area contributed by atoms with Crippen molar-refractivity contribution in [3.8, 4) is 11.8 Å². The molecule has 0 heterocycles. The minimum Gasteiger partial charge on any atom is -0.492 e. The number of hydrogen-bond donors (Lipinski definition) is 1. The Morgan fingerprint density at radius 1 is 1.46 bits per heavy atom. The highest BCUT2D eigenvalue weighted by Gasteiger charge is 1.99. The summed E-state index contributed by atoms with van der Waals surface area (Å²) in [6.07, 6.45) is 0. The Kier molecular flexibility index (Phi) is 3.56. The van der Waals surface area contributed by atoms with Crippen LogP contribution in [0.15, 0.2) is 18.2 Å². The van der Waals surface area contributed by atoms with Crippen molar-refractivity contribution in [2.45, 2.75) is 0 Å². The Labute approximate surface area is 81.7 Å². The number of hydrogen-bond acceptors (Lipinski definition) is 3. The first-order valence-electron chi connectivity index (χ1n) is 3.80. The normalized spacial score (nSPS) is 9.31. The quantitative estimate of drug-likeness (QED) is 0.798. The predicted octanol–water partition coefficient (Wildman–Crippen LogP) is 1.55.